The van der Waals surface area contributed by atoms with E-state index in [4.69, 9.17) is 5.73 Å². The third-order valence-corrected chi connectivity index (χ3v) is 4.52. The van der Waals surface area contributed by atoms with Gasteiger partial charge in [0.1, 0.15) is 0 Å². The van der Waals surface area contributed by atoms with Crippen molar-refractivity contribution in [2.24, 2.45) is 22.5 Å². The molecule has 0 aliphatic carbocycles. The molecule has 0 aromatic carbocycles. The van der Waals surface area contributed by atoms with Gasteiger partial charge in [0.15, 0.2) is 0 Å². The first kappa shape index (κ1) is 17.7. The van der Waals surface area contributed by atoms with E-state index in [1.54, 1.807) is 0 Å². The van der Waals surface area contributed by atoms with Crippen molar-refractivity contribution in [3.05, 3.63) is 11.6 Å². The van der Waals surface area contributed by atoms with Gasteiger partial charge in [0.25, 0.3) is 0 Å². The van der Waals surface area contributed by atoms with E-state index in [1.807, 2.05) is 0 Å². The minimum atomic E-state index is 0.161. The Morgan fingerprint density at radius 3 is 1.94 bits per heavy atom. The molecule has 0 heterocycles. The zero-order valence-corrected chi connectivity index (χ0v) is 13.9. The number of hydrogen-bond acceptors (Lipinski definition) is 1. The summed E-state index contributed by atoms with van der Waals surface area (Å²) in [4.78, 5) is 0. The first-order valence-electron chi connectivity index (χ1n) is 7.50. The topological polar surface area (TPSA) is 26.0 Å². The molecule has 1 nitrogen and oxygen atoms in total. The monoisotopic (exact) mass is 253 g/mol. The molecular formula is C17H35N. The maximum Gasteiger partial charge on any atom is 0.00726 e. The van der Waals surface area contributed by atoms with Gasteiger partial charge in [-0.15, -0.1) is 0 Å². The van der Waals surface area contributed by atoms with Gasteiger partial charge in [0.2, 0.25) is 0 Å². The van der Waals surface area contributed by atoms with E-state index >= 15 is 0 Å². The average Bonchev–Trinajstić information content (AvgIpc) is 2.14. The van der Waals surface area contributed by atoms with Crippen molar-refractivity contribution in [3.8, 4) is 0 Å². The Labute approximate surface area is 115 Å². The number of nitrogens with two attached hydrogens (primary N) is 1. The second kappa shape index (κ2) is 6.75. The molecule has 0 fully saturated rings. The van der Waals surface area contributed by atoms with Gasteiger partial charge in [-0.3, -0.25) is 0 Å². The molecule has 0 amide bonds. The summed E-state index contributed by atoms with van der Waals surface area (Å²) in [6.07, 6.45) is 6.07. The molecule has 18 heavy (non-hydrogen) atoms. The average molecular weight is 253 g/mol. The molecule has 108 valence electrons. The zero-order chi connectivity index (χ0) is 14.6. The molecular weight excluding hydrogens is 218 g/mol. The van der Waals surface area contributed by atoms with Crippen molar-refractivity contribution in [3.63, 3.8) is 0 Å². The summed E-state index contributed by atoms with van der Waals surface area (Å²) in [5.74, 6) is 0.683. The predicted molar refractivity (Wildman–Crippen MR) is 83.7 cm³/mol. The Morgan fingerprint density at radius 2 is 1.67 bits per heavy atom. The second-order valence-electron chi connectivity index (χ2n) is 7.19. The number of rotatable bonds is 7. The fraction of sp³-hybridized carbons (Fsp3) is 0.882. The summed E-state index contributed by atoms with van der Waals surface area (Å²) in [5, 5.41) is 0. The molecule has 3 atom stereocenters. The largest absolute Gasteiger partial charge is 0.327 e. The smallest absolute Gasteiger partial charge is 0.00726 e. The predicted octanol–water partition coefficient (Wildman–Crippen LogP) is 5.16. The minimum absolute atomic E-state index is 0.161. The van der Waals surface area contributed by atoms with E-state index in [2.05, 4.69) is 61.5 Å². The van der Waals surface area contributed by atoms with Gasteiger partial charge < -0.3 is 5.73 Å². The highest BCUT2D eigenvalue weighted by molar-refractivity contribution is 5.12. The molecule has 0 radical (unpaired) electrons. The maximum absolute atomic E-state index is 6.38. The summed E-state index contributed by atoms with van der Waals surface area (Å²) in [7, 11) is 0. The first-order chi connectivity index (χ1) is 8.09. The van der Waals surface area contributed by atoms with Crippen LogP contribution in [-0.2, 0) is 0 Å². The van der Waals surface area contributed by atoms with Gasteiger partial charge in [-0.1, -0.05) is 52.7 Å². The highest BCUT2D eigenvalue weighted by Gasteiger charge is 2.44. The van der Waals surface area contributed by atoms with Gasteiger partial charge in [0, 0.05) is 6.04 Å². The summed E-state index contributed by atoms with van der Waals surface area (Å²) in [6, 6.07) is 0.215. The quantitative estimate of drug-likeness (QED) is 0.623. The van der Waals surface area contributed by atoms with Crippen LogP contribution in [0, 0.1) is 16.7 Å². The molecule has 0 aromatic heterocycles. The lowest BCUT2D eigenvalue weighted by molar-refractivity contribution is 0.0557. The van der Waals surface area contributed by atoms with Crippen LogP contribution in [-0.4, -0.2) is 6.04 Å². The van der Waals surface area contributed by atoms with Crippen LogP contribution >= 0.6 is 0 Å². The van der Waals surface area contributed by atoms with Crippen molar-refractivity contribution in [2.75, 3.05) is 0 Å². The lowest BCUT2D eigenvalue weighted by Gasteiger charge is -2.49. The van der Waals surface area contributed by atoms with Gasteiger partial charge in [-0.2, -0.15) is 0 Å². The highest BCUT2D eigenvalue weighted by Crippen LogP contribution is 2.50. The normalized spacial score (nSPS) is 20.1. The van der Waals surface area contributed by atoms with E-state index in [0.717, 1.165) is 0 Å². The van der Waals surface area contributed by atoms with Crippen molar-refractivity contribution in [1.29, 1.82) is 0 Å². The standard InChI is InChI=1S/C17H35N/c1-9-10-16(7,11-13(2)3)17(8,15(6)18)12-14(4)5/h11,14-15H,9-10,12,18H2,1-8H3. The molecule has 0 saturated heterocycles. The summed E-state index contributed by atoms with van der Waals surface area (Å²) >= 11 is 0. The van der Waals surface area contributed by atoms with Crippen LogP contribution in [0.3, 0.4) is 0 Å². The summed E-state index contributed by atoms with van der Waals surface area (Å²) in [5.41, 5.74) is 8.14. The van der Waals surface area contributed by atoms with Gasteiger partial charge in [0.05, 0.1) is 0 Å². The lowest BCUT2D eigenvalue weighted by Crippen LogP contribution is -2.49. The van der Waals surface area contributed by atoms with Crippen LogP contribution in [0.1, 0.15) is 74.7 Å². The van der Waals surface area contributed by atoms with Crippen LogP contribution in [0.2, 0.25) is 0 Å². The molecule has 0 aliphatic rings. The molecule has 0 aliphatic heterocycles. The zero-order valence-electron chi connectivity index (χ0n) is 13.9. The summed E-state index contributed by atoms with van der Waals surface area (Å²) < 4.78 is 0. The van der Waals surface area contributed by atoms with E-state index in [9.17, 15) is 0 Å². The second-order valence-corrected chi connectivity index (χ2v) is 7.19. The van der Waals surface area contributed by atoms with Gasteiger partial charge in [-0.05, 0) is 50.4 Å². The van der Waals surface area contributed by atoms with Crippen LogP contribution in [0.25, 0.3) is 0 Å². The highest BCUT2D eigenvalue weighted by atomic mass is 14.7. The van der Waals surface area contributed by atoms with Crippen LogP contribution in [0.4, 0.5) is 0 Å². The van der Waals surface area contributed by atoms with Gasteiger partial charge >= 0.3 is 0 Å². The molecule has 0 rings (SSSR count). The lowest BCUT2D eigenvalue weighted by atomic mass is 9.56. The Balaban J connectivity index is 5.55. The fourth-order valence-electron chi connectivity index (χ4n) is 3.47. The number of allylic oxidation sites excluding steroid dienone is 2. The third-order valence-electron chi connectivity index (χ3n) is 4.52. The van der Waals surface area contributed by atoms with E-state index in [0.29, 0.717) is 5.92 Å². The number of hydrogen-bond donors (Lipinski definition) is 1. The summed E-state index contributed by atoms with van der Waals surface area (Å²) in [6.45, 7) is 18.2. The van der Waals surface area contributed by atoms with Crippen LogP contribution in [0.15, 0.2) is 11.6 Å². The third kappa shape index (κ3) is 4.12. The molecule has 3 unspecified atom stereocenters. The molecule has 0 aromatic rings. The fourth-order valence-corrected chi connectivity index (χ4v) is 3.47. The van der Waals surface area contributed by atoms with E-state index in [-0.39, 0.29) is 16.9 Å². The van der Waals surface area contributed by atoms with Crippen molar-refractivity contribution in [2.45, 2.75) is 80.7 Å². The van der Waals surface area contributed by atoms with Crippen molar-refractivity contribution < 1.29 is 0 Å². The van der Waals surface area contributed by atoms with Gasteiger partial charge in [-0.25, -0.2) is 0 Å². The molecule has 1 heteroatoms. The van der Waals surface area contributed by atoms with Crippen LogP contribution in [0.5, 0.6) is 0 Å². The molecule has 2 N–H and O–H groups in total. The van der Waals surface area contributed by atoms with Crippen LogP contribution < -0.4 is 5.73 Å². The van der Waals surface area contributed by atoms with Crippen molar-refractivity contribution in [1.82, 2.24) is 0 Å². The van der Waals surface area contributed by atoms with E-state index < -0.39 is 0 Å². The Kier molecular flexibility index (Phi) is 6.63. The Bertz CT molecular complexity index is 273. The Hall–Kier alpha value is -0.300. The van der Waals surface area contributed by atoms with Crippen molar-refractivity contribution >= 4 is 0 Å². The molecule has 0 bridgehead atoms. The molecule has 0 spiro atoms. The first-order valence-corrected chi connectivity index (χ1v) is 7.50. The SMILES string of the molecule is CCCC(C)(C=C(C)C)C(C)(CC(C)C)C(C)N. The minimum Gasteiger partial charge on any atom is -0.327 e. The molecule has 0 saturated carbocycles. The maximum atomic E-state index is 6.38. The van der Waals surface area contributed by atoms with E-state index in [1.165, 1.54) is 24.8 Å². The Morgan fingerprint density at radius 1 is 1.17 bits per heavy atom.